The number of hydrogen-bond acceptors (Lipinski definition) is 4. The van der Waals surface area contributed by atoms with Crippen LogP contribution in [0.3, 0.4) is 0 Å². The molecule has 0 spiro atoms. The Labute approximate surface area is 148 Å². The van der Waals surface area contributed by atoms with E-state index in [2.05, 4.69) is 26.6 Å². The maximum absolute atomic E-state index is 12.2. The predicted molar refractivity (Wildman–Crippen MR) is 95.7 cm³/mol. The van der Waals surface area contributed by atoms with Crippen LogP contribution >= 0.6 is 15.9 Å². The number of anilines is 1. The molecule has 2 amide bonds. The molecule has 2 aromatic rings. The molecule has 7 heteroatoms. The third-order valence-electron chi connectivity index (χ3n) is 3.41. The number of carbonyl (C=O) groups excluding carboxylic acids is 1. The van der Waals surface area contributed by atoms with E-state index in [9.17, 15) is 9.90 Å². The van der Waals surface area contributed by atoms with E-state index in [0.717, 1.165) is 5.56 Å². The molecular formula is C17H19BrN2O4. The summed E-state index contributed by atoms with van der Waals surface area (Å²) >= 11 is 3.38. The Balaban J connectivity index is 2.12. The Morgan fingerprint density at radius 3 is 2.38 bits per heavy atom. The normalized spacial score (nSPS) is 11.5. The Hall–Kier alpha value is -2.25. The third-order valence-corrected chi connectivity index (χ3v) is 4.07. The summed E-state index contributed by atoms with van der Waals surface area (Å²) in [6, 6.07) is 11.7. The minimum atomic E-state index is -0.495. The van der Waals surface area contributed by atoms with Crippen molar-refractivity contribution in [3.05, 3.63) is 52.5 Å². The maximum atomic E-state index is 12.2. The van der Waals surface area contributed by atoms with E-state index < -0.39 is 12.1 Å². The van der Waals surface area contributed by atoms with E-state index in [-0.39, 0.29) is 6.61 Å². The van der Waals surface area contributed by atoms with Crippen LogP contribution in [0.5, 0.6) is 11.5 Å². The van der Waals surface area contributed by atoms with Gasteiger partial charge in [-0.05, 0) is 21.5 Å². The standard InChI is InChI=1S/C17H19BrN2O4/c1-23-15-8-12(18)13(9-16(15)24-2)19-17(22)20-14(10-21)11-6-4-3-5-7-11/h3-9,14,21H,10H2,1-2H3,(H2,19,20,22)/t14-/m1/s1. The molecule has 1 atom stereocenters. The number of nitrogens with one attached hydrogen (secondary N) is 2. The topological polar surface area (TPSA) is 79.8 Å². The van der Waals surface area contributed by atoms with Crippen molar-refractivity contribution in [3.8, 4) is 11.5 Å². The lowest BCUT2D eigenvalue weighted by molar-refractivity contribution is 0.225. The molecule has 0 saturated carbocycles. The van der Waals surface area contributed by atoms with Gasteiger partial charge in [0.05, 0.1) is 32.6 Å². The van der Waals surface area contributed by atoms with Crippen molar-refractivity contribution in [1.29, 1.82) is 0 Å². The zero-order valence-electron chi connectivity index (χ0n) is 13.4. The summed E-state index contributed by atoms with van der Waals surface area (Å²) in [7, 11) is 3.06. The van der Waals surface area contributed by atoms with E-state index in [1.165, 1.54) is 14.2 Å². The number of methoxy groups -OCH3 is 2. The molecule has 2 rings (SSSR count). The number of aliphatic hydroxyl groups excluding tert-OH is 1. The maximum Gasteiger partial charge on any atom is 0.319 e. The molecule has 0 fully saturated rings. The minimum absolute atomic E-state index is 0.204. The molecule has 0 aromatic heterocycles. The number of amides is 2. The first-order valence-corrected chi connectivity index (χ1v) is 8.03. The summed E-state index contributed by atoms with van der Waals surface area (Å²) in [5, 5.41) is 15.0. The molecule has 0 saturated heterocycles. The Morgan fingerprint density at radius 1 is 1.17 bits per heavy atom. The van der Waals surface area contributed by atoms with Gasteiger partial charge >= 0.3 is 6.03 Å². The molecule has 0 radical (unpaired) electrons. The van der Waals surface area contributed by atoms with Gasteiger partial charge in [0.25, 0.3) is 0 Å². The number of urea groups is 1. The SMILES string of the molecule is COc1cc(Br)c(NC(=O)N[C@H](CO)c2ccccc2)cc1OC. The lowest BCUT2D eigenvalue weighted by Gasteiger charge is -2.18. The van der Waals surface area contributed by atoms with Gasteiger partial charge in [0, 0.05) is 16.6 Å². The quantitative estimate of drug-likeness (QED) is 0.701. The lowest BCUT2D eigenvalue weighted by atomic mass is 10.1. The average molecular weight is 395 g/mol. The summed E-state index contributed by atoms with van der Waals surface area (Å²) in [5.74, 6) is 1.05. The van der Waals surface area contributed by atoms with Crippen molar-refractivity contribution < 1.29 is 19.4 Å². The van der Waals surface area contributed by atoms with Crippen molar-refractivity contribution in [2.24, 2.45) is 0 Å². The van der Waals surface area contributed by atoms with Gasteiger partial charge in [-0.1, -0.05) is 30.3 Å². The Kier molecular flexibility index (Phi) is 6.45. The highest BCUT2D eigenvalue weighted by Crippen LogP contribution is 2.36. The molecule has 0 aliphatic rings. The van der Waals surface area contributed by atoms with Crippen LogP contribution in [0.2, 0.25) is 0 Å². The number of aliphatic hydroxyl groups is 1. The molecule has 0 aliphatic carbocycles. The number of benzene rings is 2. The van der Waals surface area contributed by atoms with Crippen LogP contribution in [-0.2, 0) is 0 Å². The second-order valence-electron chi connectivity index (χ2n) is 4.93. The highest BCUT2D eigenvalue weighted by atomic mass is 79.9. The van der Waals surface area contributed by atoms with Gasteiger partial charge in [0.15, 0.2) is 11.5 Å². The monoisotopic (exact) mass is 394 g/mol. The lowest BCUT2D eigenvalue weighted by Crippen LogP contribution is -2.34. The third kappa shape index (κ3) is 4.39. The largest absolute Gasteiger partial charge is 0.493 e. The Morgan fingerprint density at radius 2 is 1.79 bits per heavy atom. The summed E-state index contributed by atoms with van der Waals surface area (Å²) in [5.41, 5.74) is 1.34. The van der Waals surface area contributed by atoms with E-state index >= 15 is 0 Å². The fourth-order valence-electron chi connectivity index (χ4n) is 2.19. The minimum Gasteiger partial charge on any atom is -0.493 e. The molecule has 2 aromatic carbocycles. The molecule has 3 N–H and O–H groups in total. The summed E-state index contributed by atoms with van der Waals surface area (Å²) in [4.78, 5) is 12.2. The number of carbonyl (C=O) groups is 1. The predicted octanol–water partition coefficient (Wildman–Crippen LogP) is 3.32. The van der Waals surface area contributed by atoms with Gasteiger partial charge in [0.2, 0.25) is 0 Å². The first-order valence-electron chi connectivity index (χ1n) is 7.24. The van der Waals surface area contributed by atoms with Crippen molar-refractivity contribution in [3.63, 3.8) is 0 Å². The van der Waals surface area contributed by atoms with Crippen molar-refractivity contribution in [1.82, 2.24) is 5.32 Å². The van der Waals surface area contributed by atoms with Crippen LogP contribution in [0.25, 0.3) is 0 Å². The number of halogens is 1. The van der Waals surface area contributed by atoms with E-state index in [4.69, 9.17) is 9.47 Å². The fourth-order valence-corrected chi connectivity index (χ4v) is 2.61. The van der Waals surface area contributed by atoms with Gasteiger partial charge < -0.3 is 25.2 Å². The van der Waals surface area contributed by atoms with Gasteiger partial charge in [-0.15, -0.1) is 0 Å². The molecular weight excluding hydrogens is 376 g/mol. The van der Waals surface area contributed by atoms with Crippen molar-refractivity contribution in [2.45, 2.75) is 6.04 Å². The van der Waals surface area contributed by atoms with Crippen LogP contribution < -0.4 is 20.1 Å². The number of hydrogen-bond donors (Lipinski definition) is 3. The molecule has 128 valence electrons. The highest BCUT2D eigenvalue weighted by Gasteiger charge is 2.16. The second-order valence-corrected chi connectivity index (χ2v) is 5.79. The highest BCUT2D eigenvalue weighted by molar-refractivity contribution is 9.10. The average Bonchev–Trinajstić information content (AvgIpc) is 2.61. The van der Waals surface area contributed by atoms with Gasteiger partial charge in [-0.25, -0.2) is 4.79 Å². The molecule has 24 heavy (non-hydrogen) atoms. The van der Waals surface area contributed by atoms with Crippen LogP contribution in [0.1, 0.15) is 11.6 Å². The molecule has 0 bridgehead atoms. The second kappa shape index (κ2) is 8.56. The number of rotatable bonds is 6. The van der Waals surface area contributed by atoms with Gasteiger partial charge in [0.1, 0.15) is 0 Å². The molecule has 0 unspecified atom stereocenters. The van der Waals surface area contributed by atoms with Crippen LogP contribution in [0.15, 0.2) is 46.9 Å². The number of ether oxygens (including phenoxy) is 2. The molecule has 6 nitrogen and oxygen atoms in total. The van der Waals surface area contributed by atoms with Crippen molar-refractivity contribution in [2.75, 3.05) is 26.1 Å². The van der Waals surface area contributed by atoms with Crippen LogP contribution in [0, 0.1) is 0 Å². The Bertz CT molecular complexity index is 694. The summed E-state index contributed by atoms with van der Waals surface area (Å²) in [6.07, 6.45) is 0. The van der Waals surface area contributed by atoms with E-state index in [0.29, 0.717) is 21.7 Å². The summed E-state index contributed by atoms with van der Waals surface area (Å²) < 4.78 is 11.1. The van der Waals surface area contributed by atoms with E-state index in [1.807, 2.05) is 30.3 Å². The first-order chi connectivity index (χ1) is 11.6. The van der Waals surface area contributed by atoms with Gasteiger partial charge in [-0.3, -0.25) is 0 Å². The zero-order valence-corrected chi connectivity index (χ0v) is 15.0. The van der Waals surface area contributed by atoms with Gasteiger partial charge in [-0.2, -0.15) is 0 Å². The van der Waals surface area contributed by atoms with Crippen molar-refractivity contribution >= 4 is 27.6 Å². The molecule has 0 aliphatic heterocycles. The zero-order chi connectivity index (χ0) is 17.5. The van der Waals surface area contributed by atoms with E-state index in [1.54, 1.807) is 12.1 Å². The fraction of sp³-hybridized carbons (Fsp3) is 0.235. The first kappa shape index (κ1) is 18.1. The molecule has 0 heterocycles. The van der Waals surface area contributed by atoms with Crippen LogP contribution in [-0.4, -0.2) is 32.0 Å². The van der Waals surface area contributed by atoms with Crippen LogP contribution in [0.4, 0.5) is 10.5 Å². The summed E-state index contributed by atoms with van der Waals surface area (Å²) in [6.45, 7) is -0.204. The smallest absolute Gasteiger partial charge is 0.319 e.